The third kappa shape index (κ3) is 3.28. The van der Waals surface area contributed by atoms with E-state index < -0.39 is 0 Å². The highest BCUT2D eigenvalue weighted by Gasteiger charge is 2.22. The second-order valence-electron chi connectivity index (χ2n) is 5.28. The summed E-state index contributed by atoms with van der Waals surface area (Å²) in [7, 11) is 0. The fraction of sp³-hybridized carbons (Fsp3) is 0.714. The molecular formula is C14H25N5. The number of hydrogen-bond acceptors (Lipinski definition) is 5. The molecule has 106 valence electrons. The van der Waals surface area contributed by atoms with E-state index in [-0.39, 0.29) is 0 Å². The van der Waals surface area contributed by atoms with Crippen molar-refractivity contribution >= 4 is 17.3 Å². The fourth-order valence-electron chi connectivity index (χ4n) is 2.55. The summed E-state index contributed by atoms with van der Waals surface area (Å²) in [5.74, 6) is 1.66. The highest BCUT2D eigenvalue weighted by Crippen LogP contribution is 2.30. The summed E-state index contributed by atoms with van der Waals surface area (Å²) in [5.41, 5.74) is 6.92. The van der Waals surface area contributed by atoms with E-state index in [9.17, 15) is 0 Å². The normalized spacial score (nSPS) is 19.5. The maximum atomic E-state index is 6.23. The van der Waals surface area contributed by atoms with E-state index in [2.05, 4.69) is 34.0 Å². The SMILES string of the molecule is CCCCNc1ncnc(N2CCCCC2C)c1N. The number of unbranched alkanes of at least 4 members (excludes halogenated alkanes) is 1. The minimum Gasteiger partial charge on any atom is -0.393 e. The summed E-state index contributed by atoms with van der Waals surface area (Å²) < 4.78 is 0. The first kappa shape index (κ1) is 13.9. The Kier molecular flexibility index (Phi) is 4.82. The number of nitrogens with one attached hydrogen (secondary N) is 1. The van der Waals surface area contributed by atoms with Crippen molar-refractivity contribution in [1.82, 2.24) is 9.97 Å². The zero-order valence-corrected chi connectivity index (χ0v) is 12.0. The highest BCUT2D eigenvalue weighted by molar-refractivity contribution is 5.75. The molecule has 0 amide bonds. The molecule has 1 atom stereocenters. The first-order valence-corrected chi connectivity index (χ1v) is 7.35. The van der Waals surface area contributed by atoms with Gasteiger partial charge in [-0.1, -0.05) is 13.3 Å². The van der Waals surface area contributed by atoms with Crippen LogP contribution in [0.25, 0.3) is 0 Å². The number of aromatic nitrogens is 2. The summed E-state index contributed by atoms with van der Waals surface area (Å²) in [4.78, 5) is 11.0. The summed E-state index contributed by atoms with van der Waals surface area (Å²) in [6.07, 6.45) is 7.62. The largest absolute Gasteiger partial charge is 0.393 e. The molecule has 0 radical (unpaired) electrons. The fourth-order valence-corrected chi connectivity index (χ4v) is 2.55. The maximum Gasteiger partial charge on any atom is 0.157 e. The number of nitrogens with zero attached hydrogens (tertiary/aromatic N) is 3. The molecule has 0 aliphatic carbocycles. The smallest absolute Gasteiger partial charge is 0.157 e. The van der Waals surface area contributed by atoms with Crippen LogP contribution in [-0.2, 0) is 0 Å². The van der Waals surface area contributed by atoms with Gasteiger partial charge in [0.05, 0.1) is 0 Å². The van der Waals surface area contributed by atoms with Gasteiger partial charge in [0.2, 0.25) is 0 Å². The molecule has 1 fully saturated rings. The van der Waals surface area contributed by atoms with E-state index in [1.165, 1.54) is 19.3 Å². The Bertz CT molecular complexity index is 407. The van der Waals surface area contributed by atoms with Gasteiger partial charge in [0, 0.05) is 19.1 Å². The number of rotatable bonds is 5. The van der Waals surface area contributed by atoms with Gasteiger partial charge in [-0.2, -0.15) is 0 Å². The Balaban J connectivity index is 2.14. The van der Waals surface area contributed by atoms with E-state index in [0.29, 0.717) is 11.7 Å². The van der Waals surface area contributed by atoms with Crippen LogP contribution in [-0.4, -0.2) is 29.1 Å². The molecule has 1 aromatic heterocycles. The lowest BCUT2D eigenvalue weighted by Gasteiger charge is -2.35. The molecule has 0 aromatic carbocycles. The van der Waals surface area contributed by atoms with Gasteiger partial charge in [-0.3, -0.25) is 0 Å². The van der Waals surface area contributed by atoms with Crippen LogP contribution in [0.3, 0.4) is 0 Å². The molecule has 0 spiro atoms. The monoisotopic (exact) mass is 263 g/mol. The number of nitrogens with two attached hydrogens (primary N) is 1. The molecule has 1 unspecified atom stereocenters. The van der Waals surface area contributed by atoms with Gasteiger partial charge in [-0.15, -0.1) is 0 Å². The summed E-state index contributed by atoms with van der Waals surface area (Å²) in [6.45, 7) is 6.36. The predicted molar refractivity (Wildman–Crippen MR) is 80.5 cm³/mol. The van der Waals surface area contributed by atoms with E-state index in [4.69, 9.17) is 5.73 Å². The quantitative estimate of drug-likeness (QED) is 0.799. The van der Waals surface area contributed by atoms with Crippen molar-refractivity contribution < 1.29 is 0 Å². The average molecular weight is 263 g/mol. The van der Waals surface area contributed by atoms with Crippen LogP contribution in [0.4, 0.5) is 17.3 Å². The minimum absolute atomic E-state index is 0.509. The molecule has 2 heterocycles. The minimum atomic E-state index is 0.509. The number of piperidine rings is 1. The molecule has 3 N–H and O–H groups in total. The third-order valence-corrected chi connectivity index (χ3v) is 3.76. The van der Waals surface area contributed by atoms with E-state index in [1.807, 2.05) is 0 Å². The second kappa shape index (κ2) is 6.59. The van der Waals surface area contributed by atoms with Gasteiger partial charge in [0.25, 0.3) is 0 Å². The first-order valence-electron chi connectivity index (χ1n) is 7.35. The van der Waals surface area contributed by atoms with Crippen LogP contribution in [0, 0.1) is 0 Å². The van der Waals surface area contributed by atoms with Crippen LogP contribution < -0.4 is 16.0 Å². The van der Waals surface area contributed by atoms with Crippen LogP contribution >= 0.6 is 0 Å². The lowest BCUT2D eigenvalue weighted by Crippen LogP contribution is -2.38. The average Bonchev–Trinajstić information content (AvgIpc) is 2.42. The van der Waals surface area contributed by atoms with Crippen molar-refractivity contribution in [2.24, 2.45) is 0 Å². The zero-order chi connectivity index (χ0) is 13.7. The molecule has 1 saturated heterocycles. The Morgan fingerprint density at radius 3 is 3.00 bits per heavy atom. The van der Waals surface area contributed by atoms with Crippen molar-refractivity contribution in [2.75, 3.05) is 29.0 Å². The molecule has 2 rings (SSSR count). The number of nitrogen functional groups attached to an aromatic ring is 1. The molecule has 1 aromatic rings. The molecule has 5 nitrogen and oxygen atoms in total. The summed E-state index contributed by atoms with van der Waals surface area (Å²) in [5, 5.41) is 3.31. The van der Waals surface area contributed by atoms with Crippen LogP contribution in [0.15, 0.2) is 6.33 Å². The zero-order valence-electron chi connectivity index (χ0n) is 12.0. The molecule has 0 saturated carbocycles. The lowest BCUT2D eigenvalue weighted by molar-refractivity contribution is 0.481. The standard InChI is InChI=1S/C14H25N5/c1-3-4-8-16-13-12(15)14(18-10-17-13)19-9-6-5-7-11(19)2/h10-11H,3-9,15H2,1-2H3,(H,16,17,18). The molecule has 0 bridgehead atoms. The van der Waals surface area contributed by atoms with Gasteiger partial charge in [0.15, 0.2) is 11.6 Å². The molecule has 1 aliphatic rings. The van der Waals surface area contributed by atoms with Crippen molar-refractivity contribution in [3.63, 3.8) is 0 Å². The summed E-state index contributed by atoms with van der Waals surface area (Å²) >= 11 is 0. The van der Waals surface area contributed by atoms with Gasteiger partial charge >= 0.3 is 0 Å². The summed E-state index contributed by atoms with van der Waals surface area (Å²) in [6, 6.07) is 0.509. The van der Waals surface area contributed by atoms with Crippen LogP contribution in [0.1, 0.15) is 46.0 Å². The predicted octanol–water partition coefficient (Wildman–Crippen LogP) is 2.65. The topological polar surface area (TPSA) is 67.1 Å². The Morgan fingerprint density at radius 1 is 1.42 bits per heavy atom. The van der Waals surface area contributed by atoms with E-state index in [0.717, 1.165) is 37.6 Å². The van der Waals surface area contributed by atoms with Gasteiger partial charge < -0.3 is 16.0 Å². The van der Waals surface area contributed by atoms with Crippen molar-refractivity contribution in [2.45, 2.75) is 52.0 Å². The van der Waals surface area contributed by atoms with Crippen LogP contribution in [0.5, 0.6) is 0 Å². The third-order valence-electron chi connectivity index (χ3n) is 3.76. The molecular weight excluding hydrogens is 238 g/mol. The van der Waals surface area contributed by atoms with Crippen molar-refractivity contribution in [3.05, 3.63) is 6.33 Å². The Morgan fingerprint density at radius 2 is 2.26 bits per heavy atom. The van der Waals surface area contributed by atoms with Gasteiger partial charge in [-0.25, -0.2) is 9.97 Å². The Hall–Kier alpha value is -1.52. The highest BCUT2D eigenvalue weighted by atomic mass is 15.2. The first-order chi connectivity index (χ1) is 9.24. The van der Waals surface area contributed by atoms with Gasteiger partial charge in [-0.05, 0) is 32.6 Å². The van der Waals surface area contributed by atoms with Gasteiger partial charge in [0.1, 0.15) is 12.0 Å². The molecule has 19 heavy (non-hydrogen) atoms. The maximum absolute atomic E-state index is 6.23. The molecule has 1 aliphatic heterocycles. The van der Waals surface area contributed by atoms with Crippen LogP contribution in [0.2, 0.25) is 0 Å². The second-order valence-corrected chi connectivity index (χ2v) is 5.28. The Labute approximate surface area is 115 Å². The number of hydrogen-bond donors (Lipinski definition) is 2. The lowest BCUT2D eigenvalue weighted by atomic mass is 10.0. The van der Waals surface area contributed by atoms with Crippen molar-refractivity contribution in [1.29, 1.82) is 0 Å². The van der Waals surface area contributed by atoms with E-state index in [1.54, 1.807) is 6.33 Å². The number of anilines is 3. The molecule has 5 heteroatoms. The van der Waals surface area contributed by atoms with Crippen molar-refractivity contribution in [3.8, 4) is 0 Å². The van der Waals surface area contributed by atoms with E-state index >= 15 is 0 Å².